The van der Waals surface area contributed by atoms with Crippen LogP contribution < -0.4 is 5.32 Å². The number of rotatable bonds is 9. The van der Waals surface area contributed by atoms with Crippen molar-refractivity contribution in [1.82, 2.24) is 14.8 Å². The minimum atomic E-state index is -0.911. The second-order valence-electron chi connectivity index (χ2n) is 8.99. The summed E-state index contributed by atoms with van der Waals surface area (Å²) in [6.45, 7) is 7.39. The molecular formula is C28H30F2N4O3. The van der Waals surface area contributed by atoms with E-state index in [4.69, 9.17) is 0 Å². The Morgan fingerprint density at radius 3 is 2.38 bits per heavy atom. The zero-order chi connectivity index (χ0) is 26.7. The van der Waals surface area contributed by atoms with Crippen molar-refractivity contribution in [3.8, 4) is 11.1 Å². The number of H-pyrrole nitrogens is 1. The lowest BCUT2D eigenvalue weighted by atomic mass is 10.0. The number of hydrogen-bond acceptors (Lipinski definition) is 4. The quantitative estimate of drug-likeness (QED) is 0.374. The van der Waals surface area contributed by atoms with Gasteiger partial charge in [0, 0.05) is 41.4 Å². The van der Waals surface area contributed by atoms with Gasteiger partial charge in [0.15, 0.2) is 0 Å². The van der Waals surface area contributed by atoms with Crippen LogP contribution in [0, 0.1) is 18.6 Å². The zero-order valence-electron chi connectivity index (χ0n) is 21.0. The van der Waals surface area contributed by atoms with Crippen LogP contribution in [0.15, 0.2) is 54.9 Å². The molecule has 0 saturated heterocycles. The van der Waals surface area contributed by atoms with Crippen molar-refractivity contribution in [3.05, 3.63) is 83.3 Å². The molecule has 0 unspecified atom stereocenters. The highest BCUT2D eigenvalue weighted by Gasteiger charge is 2.29. The first kappa shape index (κ1) is 26.2. The molecule has 1 atom stereocenters. The molecule has 1 aliphatic heterocycles. The third-order valence-electron chi connectivity index (χ3n) is 6.53. The maximum atomic E-state index is 14.0. The van der Waals surface area contributed by atoms with E-state index in [1.165, 1.54) is 41.4 Å². The average Bonchev–Trinajstić information content (AvgIpc) is 3.41. The van der Waals surface area contributed by atoms with Gasteiger partial charge in [0.05, 0.1) is 23.8 Å². The Kier molecular flexibility index (Phi) is 7.85. The summed E-state index contributed by atoms with van der Waals surface area (Å²) in [5, 5.41) is 13.6. The van der Waals surface area contributed by atoms with Crippen molar-refractivity contribution in [2.45, 2.75) is 26.9 Å². The number of benzene rings is 2. The molecule has 0 aliphatic carbocycles. The van der Waals surface area contributed by atoms with Gasteiger partial charge in [-0.3, -0.25) is 9.59 Å². The van der Waals surface area contributed by atoms with Crippen LogP contribution in [0.25, 0.3) is 16.7 Å². The van der Waals surface area contributed by atoms with Crippen LogP contribution in [-0.2, 0) is 4.79 Å². The van der Waals surface area contributed by atoms with Gasteiger partial charge in [-0.15, -0.1) is 0 Å². The molecule has 3 N–H and O–H groups in total. The van der Waals surface area contributed by atoms with E-state index in [1.807, 2.05) is 18.7 Å². The highest BCUT2D eigenvalue weighted by atomic mass is 19.1. The monoisotopic (exact) mass is 508 g/mol. The molecule has 2 amide bonds. The third kappa shape index (κ3) is 5.63. The Hall–Kier alpha value is -3.82. The molecule has 1 aromatic heterocycles. The fourth-order valence-electron chi connectivity index (χ4n) is 4.51. The van der Waals surface area contributed by atoms with Crippen molar-refractivity contribution in [3.63, 3.8) is 0 Å². The van der Waals surface area contributed by atoms with E-state index in [9.17, 15) is 23.5 Å². The van der Waals surface area contributed by atoms with E-state index >= 15 is 0 Å². The zero-order valence-corrected chi connectivity index (χ0v) is 21.0. The molecular weight excluding hydrogens is 478 g/mol. The number of fused-ring (bicyclic) bond motifs is 1. The lowest BCUT2D eigenvalue weighted by Gasteiger charge is -2.27. The molecule has 2 heterocycles. The first-order chi connectivity index (χ1) is 17.7. The smallest absolute Gasteiger partial charge is 0.260 e. The molecule has 0 radical (unpaired) electrons. The number of aliphatic hydroxyl groups is 1. The molecule has 7 nitrogen and oxygen atoms in total. The van der Waals surface area contributed by atoms with E-state index in [2.05, 4.69) is 10.3 Å². The van der Waals surface area contributed by atoms with E-state index in [0.29, 0.717) is 40.2 Å². The van der Waals surface area contributed by atoms with Gasteiger partial charge < -0.3 is 25.2 Å². The number of carbonyl (C=O) groups is 2. The van der Waals surface area contributed by atoms with E-state index in [1.54, 1.807) is 25.3 Å². The molecule has 194 valence electrons. The van der Waals surface area contributed by atoms with Crippen LogP contribution in [-0.4, -0.2) is 64.0 Å². The maximum Gasteiger partial charge on any atom is 0.260 e. The number of aryl methyl sites for hydroxylation is 1. The number of nitrogens with zero attached hydrogens (tertiary/aromatic N) is 2. The summed E-state index contributed by atoms with van der Waals surface area (Å²) in [5.74, 6) is -1.84. The summed E-state index contributed by atoms with van der Waals surface area (Å²) < 4.78 is 27.5. The van der Waals surface area contributed by atoms with E-state index in [0.717, 1.165) is 13.1 Å². The number of aromatic amines is 1. The second-order valence-corrected chi connectivity index (χ2v) is 8.99. The van der Waals surface area contributed by atoms with Crippen molar-refractivity contribution in [1.29, 1.82) is 0 Å². The first-order valence-corrected chi connectivity index (χ1v) is 12.2. The van der Waals surface area contributed by atoms with Gasteiger partial charge in [0.2, 0.25) is 0 Å². The van der Waals surface area contributed by atoms with Crippen molar-refractivity contribution in [2.75, 3.05) is 31.5 Å². The number of aliphatic hydroxyl groups excluding tert-OH is 1. The van der Waals surface area contributed by atoms with Gasteiger partial charge >= 0.3 is 0 Å². The van der Waals surface area contributed by atoms with Crippen LogP contribution >= 0.6 is 0 Å². The molecule has 9 heteroatoms. The Morgan fingerprint density at radius 1 is 1.03 bits per heavy atom. The number of amides is 2. The van der Waals surface area contributed by atoms with Crippen LogP contribution in [0.3, 0.4) is 0 Å². The summed E-state index contributed by atoms with van der Waals surface area (Å²) in [6.07, 6.45) is 2.13. The number of anilines is 1. The predicted molar refractivity (Wildman–Crippen MR) is 139 cm³/mol. The van der Waals surface area contributed by atoms with Crippen LogP contribution in [0.1, 0.15) is 35.5 Å². The second kappa shape index (κ2) is 11.1. The number of nitrogens with one attached hydrogen (secondary N) is 2. The van der Waals surface area contributed by atoms with Gasteiger partial charge in [0.25, 0.3) is 11.8 Å². The van der Waals surface area contributed by atoms with Gasteiger partial charge in [-0.2, -0.15) is 0 Å². The summed E-state index contributed by atoms with van der Waals surface area (Å²) in [4.78, 5) is 33.1. The Morgan fingerprint density at radius 2 is 1.70 bits per heavy atom. The Labute approximate surface area is 214 Å². The summed E-state index contributed by atoms with van der Waals surface area (Å²) in [5.41, 5.74) is 3.01. The highest BCUT2D eigenvalue weighted by molar-refractivity contribution is 6.31. The van der Waals surface area contributed by atoms with Crippen LogP contribution in [0.2, 0.25) is 0 Å². The number of hydrogen-bond donors (Lipinski definition) is 3. The van der Waals surface area contributed by atoms with Crippen molar-refractivity contribution in [2.24, 2.45) is 0 Å². The molecule has 1 aliphatic rings. The highest BCUT2D eigenvalue weighted by Crippen LogP contribution is 2.34. The minimum absolute atomic E-state index is 0.0930. The SMILES string of the molecule is CCN(CC)C[C@H](O)CN(/C=C1\C(=O)Nc2ccc(F)cc21)C(=O)c1c(-c2ccc(F)cc2)c[nH]c1C. The number of likely N-dealkylation sites (N-methyl/N-ethyl adjacent to an activating group) is 1. The molecule has 37 heavy (non-hydrogen) atoms. The Balaban J connectivity index is 1.76. The number of aromatic nitrogens is 1. The third-order valence-corrected chi connectivity index (χ3v) is 6.53. The molecule has 0 saturated carbocycles. The van der Waals surface area contributed by atoms with Gasteiger partial charge in [-0.1, -0.05) is 26.0 Å². The first-order valence-electron chi connectivity index (χ1n) is 12.2. The average molecular weight is 509 g/mol. The fraction of sp³-hybridized carbons (Fsp3) is 0.286. The lowest BCUT2D eigenvalue weighted by Crippen LogP contribution is -2.41. The lowest BCUT2D eigenvalue weighted by molar-refractivity contribution is -0.110. The van der Waals surface area contributed by atoms with Gasteiger partial charge in [-0.05, 0) is 55.9 Å². The molecule has 2 aromatic carbocycles. The van der Waals surface area contributed by atoms with E-state index in [-0.39, 0.29) is 12.1 Å². The van der Waals surface area contributed by atoms with Crippen molar-refractivity contribution < 1.29 is 23.5 Å². The summed E-state index contributed by atoms with van der Waals surface area (Å²) in [6, 6.07) is 9.73. The largest absolute Gasteiger partial charge is 0.390 e. The predicted octanol–water partition coefficient (Wildman–Crippen LogP) is 4.41. The standard InChI is InChI=1S/C28H30F2N4O3/c1-4-33(5-2)14-21(35)15-34(16-24-22-12-20(30)10-11-25(22)32-27(24)36)28(37)26-17(3)31-13-23(26)18-6-8-19(29)9-7-18/h6-13,16,21,31,35H,4-5,14-15H2,1-3H3,(H,32,36)/b24-16-/t21-/m0/s1. The van der Waals surface area contributed by atoms with E-state index < -0.39 is 29.6 Å². The maximum absolute atomic E-state index is 14.0. The van der Waals surface area contributed by atoms with Gasteiger partial charge in [-0.25, -0.2) is 8.78 Å². The summed E-state index contributed by atoms with van der Waals surface area (Å²) in [7, 11) is 0. The van der Waals surface area contributed by atoms with Gasteiger partial charge in [0.1, 0.15) is 11.6 Å². The number of carbonyl (C=O) groups excluding carboxylic acids is 2. The van der Waals surface area contributed by atoms with Crippen molar-refractivity contribution >= 4 is 23.1 Å². The number of halogens is 2. The van der Waals surface area contributed by atoms with Crippen LogP contribution in [0.4, 0.5) is 14.5 Å². The van der Waals surface area contributed by atoms with Crippen LogP contribution in [0.5, 0.6) is 0 Å². The molecule has 0 spiro atoms. The topological polar surface area (TPSA) is 88.7 Å². The Bertz CT molecular complexity index is 1330. The molecule has 4 rings (SSSR count). The minimum Gasteiger partial charge on any atom is -0.390 e. The fourth-order valence-corrected chi connectivity index (χ4v) is 4.51. The molecule has 3 aromatic rings. The summed E-state index contributed by atoms with van der Waals surface area (Å²) >= 11 is 0. The molecule has 0 fully saturated rings. The normalized spacial score (nSPS) is 14.7. The molecule has 0 bridgehead atoms.